The quantitative estimate of drug-likeness (QED) is 0.448. The molecule has 0 saturated carbocycles. The molecule has 0 spiro atoms. The predicted molar refractivity (Wildman–Crippen MR) is 102 cm³/mol. The number of hydrogen-bond donors (Lipinski definition) is 5. The molecular weight excluding hydrogens is 396 g/mol. The molecular formula is C21H18O9. The highest BCUT2D eigenvalue weighted by atomic mass is 16.5. The Morgan fingerprint density at radius 2 is 1.73 bits per heavy atom. The van der Waals surface area contributed by atoms with Crippen molar-refractivity contribution in [3.8, 4) is 17.2 Å². The Labute approximate surface area is 169 Å². The maximum Gasteiger partial charge on any atom is 0.215 e. The minimum absolute atomic E-state index is 0.0942. The number of ketones is 3. The van der Waals surface area contributed by atoms with Crippen molar-refractivity contribution in [1.29, 1.82) is 0 Å². The predicted octanol–water partition coefficient (Wildman–Crippen LogP) is 0.834. The number of benzene rings is 2. The maximum absolute atomic E-state index is 13.3. The molecule has 2 aromatic rings. The van der Waals surface area contributed by atoms with Crippen molar-refractivity contribution in [3.05, 3.63) is 40.7 Å². The monoisotopic (exact) mass is 414 g/mol. The number of aliphatic hydroxyl groups is 3. The molecule has 0 saturated heterocycles. The van der Waals surface area contributed by atoms with E-state index in [9.17, 15) is 39.9 Å². The number of aromatic hydroxyl groups is 2. The van der Waals surface area contributed by atoms with Crippen LogP contribution in [-0.2, 0) is 16.0 Å². The molecule has 0 amide bonds. The van der Waals surface area contributed by atoms with Gasteiger partial charge in [0, 0.05) is 18.9 Å². The van der Waals surface area contributed by atoms with Gasteiger partial charge in [-0.1, -0.05) is 0 Å². The summed E-state index contributed by atoms with van der Waals surface area (Å²) in [5.41, 5.74) is -6.55. The Balaban J connectivity index is 2.06. The molecule has 2 atom stereocenters. The van der Waals surface area contributed by atoms with Crippen molar-refractivity contribution >= 4 is 28.1 Å². The zero-order valence-corrected chi connectivity index (χ0v) is 16.0. The van der Waals surface area contributed by atoms with Crippen LogP contribution in [0.2, 0.25) is 0 Å². The number of ether oxygens (including phenoxy) is 1. The first kappa shape index (κ1) is 19.9. The van der Waals surface area contributed by atoms with E-state index in [0.29, 0.717) is 0 Å². The SMILES string of the molecule is COc1cc(O)c2c(O)c3c(cc2c1)C[C@@]1(O)CC(=O)C(C(C)=O)=C(O)[C@]1(O)C3=O. The van der Waals surface area contributed by atoms with Gasteiger partial charge in [-0.3, -0.25) is 14.4 Å². The van der Waals surface area contributed by atoms with Crippen LogP contribution in [0.1, 0.15) is 29.3 Å². The van der Waals surface area contributed by atoms with Crippen molar-refractivity contribution in [1.82, 2.24) is 0 Å². The lowest BCUT2D eigenvalue weighted by Gasteiger charge is -2.47. The molecule has 0 unspecified atom stereocenters. The van der Waals surface area contributed by atoms with Gasteiger partial charge < -0.3 is 30.3 Å². The second-order valence-electron chi connectivity index (χ2n) is 7.63. The molecule has 0 heterocycles. The van der Waals surface area contributed by atoms with Crippen LogP contribution in [0.15, 0.2) is 29.5 Å². The van der Waals surface area contributed by atoms with E-state index in [1.807, 2.05) is 0 Å². The lowest BCUT2D eigenvalue weighted by Crippen LogP contribution is -2.67. The molecule has 9 nitrogen and oxygen atoms in total. The number of fused-ring (bicyclic) bond motifs is 3. The minimum Gasteiger partial charge on any atom is -0.508 e. The van der Waals surface area contributed by atoms with Crippen LogP contribution >= 0.6 is 0 Å². The second-order valence-corrected chi connectivity index (χ2v) is 7.63. The smallest absolute Gasteiger partial charge is 0.215 e. The van der Waals surface area contributed by atoms with Gasteiger partial charge in [-0.05, 0) is 30.0 Å². The van der Waals surface area contributed by atoms with E-state index in [0.717, 1.165) is 6.92 Å². The highest BCUT2D eigenvalue weighted by Gasteiger charge is 2.66. The zero-order chi connectivity index (χ0) is 22.2. The average Bonchev–Trinajstić information content (AvgIpc) is 2.63. The number of Topliss-reactive ketones (excluding diaryl/α,β-unsaturated/α-hetero) is 3. The molecule has 0 radical (unpaired) electrons. The molecule has 156 valence electrons. The Kier molecular flexibility index (Phi) is 4.00. The molecule has 9 heteroatoms. The summed E-state index contributed by atoms with van der Waals surface area (Å²) >= 11 is 0. The summed E-state index contributed by atoms with van der Waals surface area (Å²) in [5, 5.41) is 53.9. The van der Waals surface area contributed by atoms with Crippen LogP contribution in [0.3, 0.4) is 0 Å². The highest BCUT2D eigenvalue weighted by molar-refractivity contribution is 6.24. The van der Waals surface area contributed by atoms with Crippen molar-refractivity contribution < 1.29 is 44.7 Å². The van der Waals surface area contributed by atoms with Crippen molar-refractivity contribution in [3.63, 3.8) is 0 Å². The fourth-order valence-electron chi connectivity index (χ4n) is 4.42. The van der Waals surface area contributed by atoms with Crippen molar-refractivity contribution in [2.75, 3.05) is 7.11 Å². The zero-order valence-electron chi connectivity index (χ0n) is 16.0. The minimum atomic E-state index is -3.01. The first-order valence-corrected chi connectivity index (χ1v) is 8.99. The summed E-state index contributed by atoms with van der Waals surface area (Å²) in [5.74, 6) is -5.11. The van der Waals surface area contributed by atoms with Crippen LogP contribution in [-0.4, -0.2) is 61.2 Å². The molecule has 4 rings (SSSR count). The largest absolute Gasteiger partial charge is 0.508 e. The Morgan fingerprint density at radius 3 is 2.33 bits per heavy atom. The standard InChI is InChI=1S/C21H18O9/c1-8(22)14-13(24)7-20(28)6-10-3-9-4-11(30-2)5-12(23)15(9)17(25)16(10)19(27)21(20,29)18(14)26/h3-5,23,25-26,28-29H,6-7H2,1-2H3/t20-,21+/m1/s1. The highest BCUT2D eigenvalue weighted by Crippen LogP contribution is 2.51. The van der Waals surface area contributed by atoms with E-state index < -0.39 is 69.8 Å². The summed E-state index contributed by atoms with van der Waals surface area (Å²) < 4.78 is 5.08. The van der Waals surface area contributed by atoms with E-state index in [1.54, 1.807) is 0 Å². The number of phenolic OH excluding ortho intramolecular Hbond substituents is 2. The fraction of sp³-hybridized carbons (Fsp3) is 0.286. The summed E-state index contributed by atoms with van der Waals surface area (Å²) in [6.07, 6.45) is -1.26. The molecule has 5 N–H and O–H groups in total. The third-order valence-corrected chi connectivity index (χ3v) is 5.86. The molecule has 0 aromatic heterocycles. The number of methoxy groups -OCH3 is 1. The molecule has 2 aliphatic carbocycles. The van der Waals surface area contributed by atoms with Crippen LogP contribution in [0, 0.1) is 0 Å². The van der Waals surface area contributed by atoms with Crippen LogP contribution in [0.4, 0.5) is 0 Å². The van der Waals surface area contributed by atoms with Gasteiger partial charge >= 0.3 is 0 Å². The van der Waals surface area contributed by atoms with Gasteiger partial charge in [-0.15, -0.1) is 0 Å². The van der Waals surface area contributed by atoms with Gasteiger partial charge in [0.25, 0.3) is 0 Å². The van der Waals surface area contributed by atoms with Crippen molar-refractivity contribution in [2.24, 2.45) is 0 Å². The lowest BCUT2D eigenvalue weighted by atomic mass is 9.61. The lowest BCUT2D eigenvalue weighted by molar-refractivity contribution is -0.151. The first-order chi connectivity index (χ1) is 14.0. The summed E-state index contributed by atoms with van der Waals surface area (Å²) in [6, 6.07) is 4.12. The van der Waals surface area contributed by atoms with Crippen molar-refractivity contribution in [2.45, 2.75) is 31.0 Å². The Hall–Kier alpha value is -3.43. The first-order valence-electron chi connectivity index (χ1n) is 8.99. The van der Waals surface area contributed by atoms with E-state index in [2.05, 4.69) is 0 Å². The number of hydrogen-bond acceptors (Lipinski definition) is 9. The third kappa shape index (κ3) is 2.27. The van der Waals surface area contributed by atoms with Gasteiger partial charge in [-0.25, -0.2) is 0 Å². The van der Waals surface area contributed by atoms with Gasteiger partial charge in [-0.2, -0.15) is 0 Å². The van der Waals surface area contributed by atoms with Crippen LogP contribution in [0.25, 0.3) is 10.8 Å². The number of carbonyl (C=O) groups is 3. The maximum atomic E-state index is 13.3. The Morgan fingerprint density at radius 1 is 1.07 bits per heavy atom. The number of phenols is 2. The normalized spacial score (nSPS) is 25.9. The molecule has 2 aromatic carbocycles. The van der Waals surface area contributed by atoms with Gasteiger partial charge in [0.1, 0.15) is 34.2 Å². The molecule has 0 aliphatic heterocycles. The molecule has 0 fully saturated rings. The topological polar surface area (TPSA) is 162 Å². The van der Waals surface area contributed by atoms with Crippen LogP contribution in [0.5, 0.6) is 17.2 Å². The van der Waals surface area contributed by atoms with Gasteiger partial charge in [0.15, 0.2) is 11.6 Å². The fourth-order valence-corrected chi connectivity index (χ4v) is 4.42. The number of rotatable bonds is 2. The van der Waals surface area contributed by atoms with E-state index in [-0.39, 0.29) is 22.1 Å². The molecule has 30 heavy (non-hydrogen) atoms. The third-order valence-electron chi connectivity index (χ3n) is 5.86. The summed E-state index contributed by atoms with van der Waals surface area (Å²) in [4.78, 5) is 37.4. The Bertz CT molecular complexity index is 1210. The molecule has 2 aliphatic rings. The summed E-state index contributed by atoms with van der Waals surface area (Å²) in [6.45, 7) is 0.981. The summed E-state index contributed by atoms with van der Waals surface area (Å²) in [7, 11) is 1.38. The number of allylic oxidation sites excluding steroid dienone is 1. The number of carbonyl (C=O) groups excluding carboxylic acids is 3. The second kappa shape index (κ2) is 6.04. The van der Waals surface area contributed by atoms with E-state index >= 15 is 0 Å². The molecule has 0 bridgehead atoms. The van der Waals surface area contributed by atoms with Gasteiger partial charge in [0.2, 0.25) is 11.4 Å². The van der Waals surface area contributed by atoms with E-state index in [1.165, 1.54) is 25.3 Å². The van der Waals surface area contributed by atoms with Crippen LogP contribution < -0.4 is 4.74 Å². The number of aliphatic hydroxyl groups excluding tert-OH is 1. The average molecular weight is 414 g/mol. The van der Waals surface area contributed by atoms with E-state index in [4.69, 9.17) is 4.74 Å². The van der Waals surface area contributed by atoms with Gasteiger partial charge in [0.05, 0.1) is 18.1 Å².